The number of aryl methyl sites for hydroxylation is 1. The highest BCUT2D eigenvalue weighted by atomic mass is 35.5. The zero-order valence-electron chi connectivity index (χ0n) is 9.59. The summed E-state index contributed by atoms with van der Waals surface area (Å²) in [6, 6.07) is 5.57. The molecule has 0 fully saturated rings. The number of imidazole rings is 1. The van der Waals surface area contributed by atoms with E-state index in [1.165, 1.54) is 0 Å². The summed E-state index contributed by atoms with van der Waals surface area (Å²) in [4.78, 5) is 4.48. The quantitative estimate of drug-likeness (QED) is 0.767. The number of nitrogen functional groups attached to an aromatic ring is 1. The second kappa shape index (κ2) is 3.99. The first kappa shape index (κ1) is 11.0. The van der Waals surface area contributed by atoms with Crippen LogP contribution in [-0.4, -0.2) is 19.9 Å². The Morgan fingerprint density at radius 1 is 1.39 bits per heavy atom. The Kier molecular flexibility index (Phi) is 2.45. The molecule has 3 rings (SSSR count). The molecule has 7 heteroatoms. The second-order valence-corrected chi connectivity index (χ2v) is 4.19. The van der Waals surface area contributed by atoms with Crippen LogP contribution in [0.4, 0.5) is 5.82 Å². The predicted octanol–water partition coefficient (Wildman–Crippen LogP) is 2.34. The van der Waals surface area contributed by atoms with Crippen molar-refractivity contribution in [2.75, 3.05) is 5.73 Å². The molecule has 0 atom stereocenters. The maximum Gasteiger partial charge on any atom is 0.199 e. The molecule has 0 amide bonds. The molecule has 3 aromatic rings. The van der Waals surface area contributed by atoms with Gasteiger partial charge < -0.3 is 10.3 Å². The molecule has 2 heterocycles. The molecule has 0 aliphatic rings. The number of hydrogen-bond donors (Lipinski definition) is 1. The number of nitrogens with zero attached hydrogens (tertiary/aromatic N) is 4. The van der Waals surface area contributed by atoms with Crippen molar-refractivity contribution in [3.63, 3.8) is 0 Å². The van der Waals surface area contributed by atoms with Gasteiger partial charge in [0.1, 0.15) is 0 Å². The number of fused-ring (bicyclic) bond motifs is 1. The molecule has 0 aliphatic heterocycles. The summed E-state index contributed by atoms with van der Waals surface area (Å²) in [6.45, 7) is 2.69. The lowest BCUT2D eigenvalue weighted by Crippen LogP contribution is -2.00. The number of halogens is 1. The van der Waals surface area contributed by atoms with Crippen LogP contribution in [0.25, 0.3) is 22.6 Å². The monoisotopic (exact) mass is 263 g/mol. The minimum atomic E-state index is 0.219. The number of para-hydroxylation sites is 1. The first-order valence-electron chi connectivity index (χ1n) is 5.45. The van der Waals surface area contributed by atoms with E-state index in [-0.39, 0.29) is 5.82 Å². The summed E-state index contributed by atoms with van der Waals surface area (Å²) < 4.78 is 6.55. The molecule has 0 unspecified atom stereocenters. The first-order chi connectivity index (χ1) is 8.72. The van der Waals surface area contributed by atoms with Crippen LogP contribution < -0.4 is 5.73 Å². The largest absolute Gasteiger partial charge is 0.379 e. The lowest BCUT2D eigenvalue weighted by Gasteiger charge is -2.04. The van der Waals surface area contributed by atoms with Crippen molar-refractivity contribution in [3.05, 3.63) is 23.2 Å². The van der Waals surface area contributed by atoms with E-state index in [1.807, 2.05) is 29.7 Å². The summed E-state index contributed by atoms with van der Waals surface area (Å²) in [5, 5.41) is 7.99. The molecule has 0 spiro atoms. The third kappa shape index (κ3) is 1.46. The van der Waals surface area contributed by atoms with Gasteiger partial charge in [0.2, 0.25) is 0 Å². The van der Waals surface area contributed by atoms with E-state index in [9.17, 15) is 0 Å². The van der Waals surface area contributed by atoms with Crippen molar-refractivity contribution in [2.45, 2.75) is 13.5 Å². The van der Waals surface area contributed by atoms with E-state index in [1.54, 1.807) is 0 Å². The van der Waals surface area contributed by atoms with Crippen LogP contribution in [-0.2, 0) is 6.54 Å². The van der Waals surface area contributed by atoms with Crippen LogP contribution in [0.3, 0.4) is 0 Å². The van der Waals surface area contributed by atoms with Gasteiger partial charge in [-0.25, -0.2) is 9.61 Å². The van der Waals surface area contributed by atoms with Crippen LogP contribution in [0.5, 0.6) is 0 Å². The third-order valence-corrected chi connectivity index (χ3v) is 3.06. The molecule has 6 nitrogen and oxygen atoms in total. The van der Waals surface area contributed by atoms with Crippen LogP contribution >= 0.6 is 11.6 Å². The summed E-state index contributed by atoms with van der Waals surface area (Å²) in [5.74, 6) is 0.829. The molecule has 0 aliphatic carbocycles. The summed E-state index contributed by atoms with van der Waals surface area (Å²) in [6.07, 6.45) is 0. The summed E-state index contributed by atoms with van der Waals surface area (Å²) >= 11 is 6.20. The minimum absolute atomic E-state index is 0.219. The SMILES string of the molecule is CCn1c(-c2nonc2N)nc2cccc(Cl)c21. The van der Waals surface area contributed by atoms with Gasteiger partial charge >= 0.3 is 0 Å². The maximum absolute atomic E-state index is 6.20. The van der Waals surface area contributed by atoms with Gasteiger partial charge in [0.25, 0.3) is 0 Å². The fourth-order valence-corrected chi connectivity index (χ4v) is 2.25. The lowest BCUT2D eigenvalue weighted by molar-refractivity contribution is 0.310. The van der Waals surface area contributed by atoms with Crippen molar-refractivity contribution in [2.24, 2.45) is 0 Å². The molecule has 0 bridgehead atoms. The molecule has 2 N–H and O–H groups in total. The van der Waals surface area contributed by atoms with Crippen LogP contribution in [0, 0.1) is 0 Å². The molecule has 1 aromatic carbocycles. The molecule has 0 saturated carbocycles. The normalized spacial score (nSPS) is 11.2. The van der Waals surface area contributed by atoms with Crippen molar-refractivity contribution >= 4 is 28.5 Å². The maximum atomic E-state index is 6.20. The van der Waals surface area contributed by atoms with Gasteiger partial charge in [0.15, 0.2) is 17.3 Å². The van der Waals surface area contributed by atoms with E-state index < -0.39 is 0 Å². The molecule has 92 valence electrons. The van der Waals surface area contributed by atoms with E-state index in [2.05, 4.69) is 19.9 Å². The average Bonchev–Trinajstić information content (AvgIpc) is 2.92. The van der Waals surface area contributed by atoms with Crippen molar-refractivity contribution in [1.29, 1.82) is 0 Å². The van der Waals surface area contributed by atoms with Crippen LogP contribution in [0.1, 0.15) is 6.92 Å². The van der Waals surface area contributed by atoms with Gasteiger partial charge in [-0.1, -0.05) is 17.7 Å². The number of hydrogen-bond acceptors (Lipinski definition) is 5. The Morgan fingerprint density at radius 2 is 2.22 bits per heavy atom. The minimum Gasteiger partial charge on any atom is -0.379 e. The number of nitrogens with two attached hydrogens (primary N) is 1. The Morgan fingerprint density at radius 3 is 2.89 bits per heavy atom. The highest BCUT2D eigenvalue weighted by Crippen LogP contribution is 2.30. The number of aromatic nitrogens is 4. The Labute approximate surface area is 107 Å². The summed E-state index contributed by atoms with van der Waals surface area (Å²) in [7, 11) is 0. The number of anilines is 1. The van der Waals surface area contributed by atoms with E-state index in [0.29, 0.717) is 23.1 Å². The third-order valence-electron chi connectivity index (χ3n) is 2.76. The standard InChI is InChI=1S/C11H10ClN5O/c1-2-17-9-6(12)4-3-5-7(9)14-11(17)8-10(13)16-18-15-8/h3-5H,2H2,1H3,(H2,13,16). The summed E-state index contributed by atoms with van der Waals surface area (Å²) in [5.41, 5.74) is 7.79. The Bertz CT molecular complexity index is 717. The van der Waals surface area contributed by atoms with Gasteiger partial charge in [-0.05, 0) is 29.4 Å². The molecule has 0 saturated heterocycles. The Hall–Kier alpha value is -2.08. The average molecular weight is 264 g/mol. The highest BCUT2D eigenvalue weighted by molar-refractivity contribution is 6.35. The van der Waals surface area contributed by atoms with E-state index >= 15 is 0 Å². The van der Waals surface area contributed by atoms with E-state index in [0.717, 1.165) is 11.0 Å². The van der Waals surface area contributed by atoms with Gasteiger partial charge in [0, 0.05) is 6.54 Å². The predicted molar refractivity (Wildman–Crippen MR) is 68.1 cm³/mol. The first-order valence-corrected chi connectivity index (χ1v) is 5.83. The van der Waals surface area contributed by atoms with Gasteiger partial charge in [0.05, 0.1) is 16.1 Å². The number of rotatable bonds is 2. The number of benzene rings is 1. The Balaban J connectivity index is 2.37. The molecule has 18 heavy (non-hydrogen) atoms. The van der Waals surface area contributed by atoms with E-state index in [4.69, 9.17) is 17.3 Å². The fourth-order valence-electron chi connectivity index (χ4n) is 1.98. The zero-order chi connectivity index (χ0) is 12.7. The topological polar surface area (TPSA) is 82.8 Å². The fraction of sp³-hybridized carbons (Fsp3) is 0.182. The van der Waals surface area contributed by atoms with Gasteiger partial charge in [-0.2, -0.15) is 0 Å². The smallest absolute Gasteiger partial charge is 0.199 e. The second-order valence-electron chi connectivity index (χ2n) is 3.79. The van der Waals surface area contributed by atoms with Crippen molar-refractivity contribution in [3.8, 4) is 11.5 Å². The lowest BCUT2D eigenvalue weighted by atomic mass is 10.3. The van der Waals surface area contributed by atoms with Gasteiger partial charge in [-0.15, -0.1) is 0 Å². The van der Waals surface area contributed by atoms with Crippen LogP contribution in [0.2, 0.25) is 5.02 Å². The highest BCUT2D eigenvalue weighted by Gasteiger charge is 2.19. The van der Waals surface area contributed by atoms with Crippen molar-refractivity contribution < 1.29 is 4.63 Å². The van der Waals surface area contributed by atoms with Gasteiger partial charge in [-0.3, -0.25) is 0 Å². The molecular weight excluding hydrogens is 254 g/mol. The zero-order valence-corrected chi connectivity index (χ0v) is 10.3. The van der Waals surface area contributed by atoms with Crippen molar-refractivity contribution in [1.82, 2.24) is 19.9 Å². The molecule has 2 aromatic heterocycles. The molecular formula is C11H10ClN5O. The van der Waals surface area contributed by atoms with Crippen LogP contribution in [0.15, 0.2) is 22.8 Å². The molecule has 0 radical (unpaired) electrons.